The van der Waals surface area contributed by atoms with Gasteiger partial charge in [-0.2, -0.15) is 0 Å². The van der Waals surface area contributed by atoms with Crippen molar-refractivity contribution in [1.29, 1.82) is 0 Å². The van der Waals surface area contributed by atoms with Crippen LogP contribution in [0.1, 0.15) is 38.7 Å². The van der Waals surface area contributed by atoms with Crippen molar-refractivity contribution in [2.24, 2.45) is 11.7 Å². The van der Waals surface area contributed by atoms with Crippen LogP contribution in [0.4, 0.5) is 0 Å². The van der Waals surface area contributed by atoms with Crippen LogP contribution < -0.4 is 10.5 Å². The van der Waals surface area contributed by atoms with Gasteiger partial charge < -0.3 is 5.73 Å². The smallest absolute Gasteiger partial charge is 0.240 e. The maximum absolute atomic E-state index is 12.0. The Morgan fingerprint density at radius 2 is 1.85 bits per heavy atom. The van der Waals surface area contributed by atoms with Crippen LogP contribution in [0.5, 0.6) is 0 Å². The fourth-order valence-electron chi connectivity index (χ4n) is 2.28. The van der Waals surface area contributed by atoms with E-state index in [4.69, 9.17) is 5.73 Å². The Morgan fingerprint density at radius 1 is 1.25 bits per heavy atom. The first kappa shape index (κ1) is 15.5. The molecule has 0 saturated heterocycles. The van der Waals surface area contributed by atoms with Gasteiger partial charge in [-0.05, 0) is 49.3 Å². The van der Waals surface area contributed by atoms with Crippen LogP contribution in [0.25, 0.3) is 0 Å². The van der Waals surface area contributed by atoms with Gasteiger partial charge in [0.1, 0.15) is 0 Å². The highest BCUT2D eigenvalue weighted by atomic mass is 32.2. The van der Waals surface area contributed by atoms with Crippen molar-refractivity contribution < 1.29 is 8.42 Å². The Balaban J connectivity index is 1.98. The summed E-state index contributed by atoms with van der Waals surface area (Å²) in [5.74, 6) is 0.576. The van der Waals surface area contributed by atoms with Gasteiger partial charge in [-0.3, -0.25) is 0 Å². The molecule has 0 spiro atoms. The third-order valence-corrected chi connectivity index (χ3v) is 4.94. The molecule has 0 radical (unpaired) electrons. The normalized spacial score (nSPS) is 17.4. The molecule has 112 valence electrons. The molecule has 0 amide bonds. The fourth-order valence-corrected chi connectivity index (χ4v) is 3.59. The zero-order chi connectivity index (χ0) is 14.8. The highest BCUT2D eigenvalue weighted by molar-refractivity contribution is 7.89. The van der Waals surface area contributed by atoms with E-state index in [1.54, 1.807) is 12.1 Å². The topological polar surface area (TPSA) is 72.2 Å². The summed E-state index contributed by atoms with van der Waals surface area (Å²) in [5, 5.41) is 0. The second-order valence-corrected chi connectivity index (χ2v) is 7.85. The van der Waals surface area contributed by atoms with Crippen molar-refractivity contribution >= 4 is 10.0 Å². The number of nitrogens with two attached hydrogens (primary N) is 1. The van der Waals surface area contributed by atoms with E-state index in [0.717, 1.165) is 31.2 Å². The molecule has 1 fully saturated rings. The molecule has 20 heavy (non-hydrogen) atoms. The van der Waals surface area contributed by atoms with E-state index in [0.29, 0.717) is 10.8 Å². The maximum Gasteiger partial charge on any atom is 0.240 e. The molecule has 1 aliphatic rings. The number of sulfonamides is 1. The summed E-state index contributed by atoms with van der Waals surface area (Å²) in [7, 11) is -3.34. The molecule has 1 aliphatic carbocycles. The lowest BCUT2D eigenvalue weighted by molar-refractivity contribution is 0.493. The highest BCUT2D eigenvalue weighted by Gasteiger charge is 2.27. The predicted octanol–water partition coefficient (Wildman–Crippen LogP) is 2.04. The molecule has 1 unspecified atom stereocenters. The van der Waals surface area contributed by atoms with E-state index < -0.39 is 10.0 Å². The molecule has 2 rings (SSSR count). The lowest BCUT2D eigenvalue weighted by atomic mass is 9.98. The Labute approximate surface area is 121 Å². The fraction of sp³-hybridized carbons (Fsp3) is 0.600. The lowest BCUT2D eigenvalue weighted by Crippen LogP contribution is -2.26. The monoisotopic (exact) mass is 296 g/mol. The van der Waals surface area contributed by atoms with Gasteiger partial charge in [-0.1, -0.05) is 26.0 Å². The van der Waals surface area contributed by atoms with Gasteiger partial charge in [0, 0.05) is 12.1 Å². The van der Waals surface area contributed by atoms with Crippen LogP contribution >= 0.6 is 0 Å². The Kier molecular flexibility index (Phi) is 4.83. The summed E-state index contributed by atoms with van der Waals surface area (Å²) in [5.41, 5.74) is 7.16. The molecular weight excluding hydrogens is 272 g/mol. The molecule has 1 aromatic rings. The summed E-state index contributed by atoms with van der Waals surface area (Å²) in [4.78, 5) is 0.339. The molecule has 0 aromatic heterocycles. The number of hydrogen-bond donors (Lipinski definition) is 2. The summed E-state index contributed by atoms with van der Waals surface area (Å²) in [6.45, 7) is 4.30. The molecule has 1 saturated carbocycles. The van der Waals surface area contributed by atoms with E-state index in [2.05, 4.69) is 18.6 Å². The van der Waals surface area contributed by atoms with E-state index >= 15 is 0 Å². The van der Waals surface area contributed by atoms with Crippen molar-refractivity contribution in [2.75, 3.05) is 0 Å². The first-order chi connectivity index (χ1) is 9.37. The van der Waals surface area contributed by atoms with Crippen LogP contribution in [0.2, 0.25) is 0 Å². The van der Waals surface area contributed by atoms with Crippen LogP contribution in [0, 0.1) is 5.92 Å². The predicted molar refractivity (Wildman–Crippen MR) is 80.9 cm³/mol. The third-order valence-electron chi connectivity index (χ3n) is 3.40. The number of nitrogens with one attached hydrogen (secondary N) is 1. The Hall–Kier alpha value is -0.910. The molecule has 0 aliphatic heterocycles. The van der Waals surface area contributed by atoms with Crippen molar-refractivity contribution in [1.82, 2.24) is 4.72 Å². The van der Waals surface area contributed by atoms with E-state index in [9.17, 15) is 8.42 Å². The van der Waals surface area contributed by atoms with Gasteiger partial charge in [0.05, 0.1) is 4.90 Å². The van der Waals surface area contributed by atoms with Crippen LogP contribution in [0.3, 0.4) is 0 Å². The Morgan fingerprint density at radius 3 is 2.35 bits per heavy atom. The first-order valence-corrected chi connectivity index (χ1v) is 8.72. The number of hydrogen-bond acceptors (Lipinski definition) is 3. The molecule has 3 N–H and O–H groups in total. The highest BCUT2D eigenvalue weighted by Crippen LogP contribution is 2.22. The number of benzene rings is 1. The zero-order valence-electron chi connectivity index (χ0n) is 12.2. The minimum Gasteiger partial charge on any atom is -0.327 e. The van der Waals surface area contributed by atoms with Crippen molar-refractivity contribution in [3.05, 3.63) is 29.8 Å². The standard InChI is InChI=1S/C15H24N2O2S/c1-11(2)9-13(16)10-12-3-7-15(8-4-12)20(18,19)17-14-5-6-14/h3-4,7-8,11,13-14,17H,5-6,9-10,16H2,1-2H3. The van der Waals surface area contributed by atoms with Gasteiger partial charge in [-0.15, -0.1) is 0 Å². The van der Waals surface area contributed by atoms with E-state index in [1.165, 1.54) is 0 Å². The third kappa shape index (κ3) is 4.58. The first-order valence-electron chi connectivity index (χ1n) is 7.23. The van der Waals surface area contributed by atoms with Gasteiger partial charge in [0.2, 0.25) is 10.0 Å². The Bertz CT molecular complexity index is 533. The maximum atomic E-state index is 12.0. The van der Waals surface area contributed by atoms with E-state index in [-0.39, 0.29) is 12.1 Å². The minimum absolute atomic E-state index is 0.127. The van der Waals surface area contributed by atoms with E-state index in [1.807, 2.05) is 12.1 Å². The van der Waals surface area contributed by atoms with Gasteiger partial charge in [0.15, 0.2) is 0 Å². The molecule has 4 nitrogen and oxygen atoms in total. The molecule has 1 atom stereocenters. The average molecular weight is 296 g/mol. The van der Waals surface area contributed by atoms with Crippen molar-refractivity contribution in [3.63, 3.8) is 0 Å². The van der Waals surface area contributed by atoms with Crippen molar-refractivity contribution in [2.45, 2.75) is 56.5 Å². The second-order valence-electron chi connectivity index (χ2n) is 6.13. The van der Waals surface area contributed by atoms with Crippen LogP contribution in [-0.4, -0.2) is 20.5 Å². The average Bonchev–Trinajstić information content (AvgIpc) is 3.11. The van der Waals surface area contributed by atoms with Gasteiger partial charge >= 0.3 is 0 Å². The largest absolute Gasteiger partial charge is 0.327 e. The number of rotatable bonds is 7. The molecule has 0 heterocycles. The van der Waals surface area contributed by atoms with Gasteiger partial charge in [-0.25, -0.2) is 13.1 Å². The SMILES string of the molecule is CC(C)CC(N)Cc1ccc(S(=O)(=O)NC2CC2)cc1. The molecule has 5 heteroatoms. The summed E-state index contributed by atoms with van der Waals surface area (Å²) < 4.78 is 26.7. The zero-order valence-corrected chi connectivity index (χ0v) is 13.0. The van der Waals surface area contributed by atoms with Crippen molar-refractivity contribution in [3.8, 4) is 0 Å². The molecule has 1 aromatic carbocycles. The second kappa shape index (κ2) is 6.24. The summed E-state index contributed by atoms with van der Waals surface area (Å²) >= 11 is 0. The van der Waals surface area contributed by atoms with Crippen LogP contribution in [-0.2, 0) is 16.4 Å². The summed E-state index contributed by atoms with van der Waals surface area (Å²) in [6, 6.07) is 7.33. The van der Waals surface area contributed by atoms with Crippen LogP contribution in [0.15, 0.2) is 29.2 Å². The molecule has 0 bridgehead atoms. The minimum atomic E-state index is -3.34. The van der Waals surface area contributed by atoms with Gasteiger partial charge in [0.25, 0.3) is 0 Å². The molecular formula is C15H24N2O2S. The summed E-state index contributed by atoms with van der Waals surface area (Å²) in [6.07, 6.45) is 3.65. The lowest BCUT2D eigenvalue weighted by Gasteiger charge is -2.14. The quantitative estimate of drug-likeness (QED) is 0.809.